The smallest absolute Gasteiger partial charge is 0.180 e. The van der Waals surface area contributed by atoms with E-state index in [0.717, 1.165) is 19.3 Å². The highest BCUT2D eigenvalue weighted by Gasteiger charge is 2.44. The third-order valence-corrected chi connectivity index (χ3v) is 3.33. The molecule has 1 aliphatic carbocycles. The van der Waals surface area contributed by atoms with Gasteiger partial charge in [-0.05, 0) is 33.1 Å². The number of nitriles is 1. The summed E-state index contributed by atoms with van der Waals surface area (Å²) in [5.41, 5.74) is -0.886. The molecule has 4 nitrogen and oxygen atoms in total. The average Bonchev–Trinajstić information content (AvgIpc) is 2.29. The van der Waals surface area contributed by atoms with Crippen molar-refractivity contribution in [2.75, 3.05) is 7.11 Å². The normalized spacial score (nSPS) is 34.1. The fourth-order valence-electron chi connectivity index (χ4n) is 2.14. The molecule has 0 radical (unpaired) electrons. The zero-order valence-electron chi connectivity index (χ0n) is 10.3. The first-order valence-electron chi connectivity index (χ1n) is 5.85. The number of methoxy groups -OCH3 is 1. The van der Waals surface area contributed by atoms with E-state index in [0.29, 0.717) is 6.42 Å². The zero-order chi connectivity index (χ0) is 12.2. The number of ether oxygens (including phenoxy) is 2. The summed E-state index contributed by atoms with van der Waals surface area (Å²) >= 11 is 0. The second-order valence-electron chi connectivity index (χ2n) is 4.53. The molecule has 0 aromatic carbocycles. The van der Waals surface area contributed by atoms with Crippen LogP contribution >= 0.6 is 0 Å². The summed E-state index contributed by atoms with van der Waals surface area (Å²) in [7, 11) is 1.61. The molecule has 0 bridgehead atoms. The van der Waals surface area contributed by atoms with Crippen LogP contribution in [0.1, 0.15) is 39.5 Å². The molecule has 0 amide bonds. The third kappa shape index (κ3) is 2.73. The molecule has 1 rings (SSSR count). The largest absolute Gasteiger partial charge is 0.391 e. The van der Waals surface area contributed by atoms with Crippen molar-refractivity contribution in [3.8, 4) is 6.07 Å². The van der Waals surface area contributed by atoms with Crippen molar-refractivity contribution in [2.24, 2.45) is 0 Å². The fraction of sp³-hybridized carbons (Fsp3) is 0.917. The van der Waals surface area contributed by atoms with Crippen LogP contribution < -0.4 is 0 Å². The topological polar surface area (TPSA) is 62.5 Å². The Kier molecular flexibility index (Phi) is 4.72. The van der Waals surface area contributed by atoms with Crippen molar-refractivity contribution in [1.82, 2.24) is 0 Å². The lowest BCUT2D eigenvalue weighted by Crippen LogP contribution is -2.50. The van der Waals surface area contributed by atoms with E-state index in [1.165, 1.54) is 0 Å². The summed E-state index contributed by atoms with van der Waals surface area (Å²) in [4.78, 5) is 0. The van der Waals surface area contributed by atoms with Gasteiger partial charge in [-0.2, -0.15) is 5.26 Å². The van der Waals surface area contributed by atoms with Gasteiger partial charge < -0.3 is 14.6 Å². The molecule has 4 atom stereocenters. The van der Waals surface area contributed by atoms with E-state index in [1.54, 1.807) is 21.0 Å². The Labute approximate surface area is 97.2 Å². The van der Waals surface area contributed by atoms with E-state index in [2.05, 4.69) is 6.07 Å². The molecular formula is C12H21NO3. The predicted molar refractivity (Wildman–Crippen MR) is 59.8 cm³/mol. The van der Waals surface area contributed by atoms with E-state index < -0.39 is 11.7 Å². The summed E-state index contributed by atoms with van der Waals surface area (Å²) < 4.78 is 11.1. The molecule has 1 N–H and O–H groups in total. The van der Waals surface area contributed by atoms with Crippen LogP contribution in [-0.4, -0.2) is 36.1 Å². The number of hydrogen-bond donors (Lipinski definition) is 1. The van der Waals surface area contributed by atoms with Crippen molar-refractivity contribution in [2.45, 2.75) is 63.4 Å². The molecule has 0 aromatic heterocycles. The Balaban J connectivity index is 2.78. The maximum atomic E-state index is 9.45. The second-order valence-corrected chi connectivity index (χ2v) is 4.53. The first-order chi connectivity index (χ1) is 7.55. The third-order valence-electron chi connectivity index (χ3n) is 3.33. The Morgan fingerprint density at radius 2 is 2.12 bits per heavy atom. The monoisotopic (exact) mass is 227 g/mol. The molecule has 0 saturated heterocycles. The molecule has 0 aromatic rings. The number of aliphatic hydroxyl groups is 1. The molecule has 4 heteroatoms. The standard InChI is InChI=1S/C12H21NO3/c1-9(14)10(2)16-12(8-13)7-5-4-6-11(12)15-3/h9-11,14H,4-7H2,1-3H3. The van der Waals surface area contributed by atoms with Crippen LogP contribution in [0.15, 0.2) is 0 Å². The summed E-state index contributed by atoms with van der Waals surface area (Å²) in [6, 6.07) is 2.25. The molecular weight excluding hydrogens is 206 g/mol. The van der Waals surface area contributed by atoms with Crippen molar-refractivity contribution in [3.05, 3.63) is 0 Å². The number of rotatable bonds is 4. The number of nitrogens with zero attached hydrogens (tertiary/aromatic N) is 1. The molecule has 0 heterocycles. The van der Waals surface area contributed by atoms with Gasteiger partial charge in [0.1, 0.15) is 6.07 Å². The minimum absolute atomic E-state index is 0.188. The van der Waals surface area contributed by atoms with E-state index in [1.807, 2.05) is 0 Å². The quantitative estimate of drug-likeness (QED) is 0.792. The number of hydrogen-bond acceptors (Lipinski definition) is 4. The zero-order valence-corrected chi connectivity index (χ0v) is 10.3. The van der Waals surface area contributed by atoms with Crippen LogP contribution in [-0.2, 0) is 9.47 Å². The molecule has 1 fully saturated rings. The van der Waals surface area contributed by atoms with Gasteiger partial charge in [-0.1, -0.05) is 6.42 Å². The predicted octanol–water partition coefficient (Wildman–Crippen LogP) is 1.62. The van der Waals surface area contributed by atoms with Gasteiger partial charge >= 0.3 is 0 Å². The lowest BCUT2D eigenvalue weighted by molar-refractivity contribution is -0.166. The Bertz CT molecular complexity index is 261. The van der Waals surface area contributed by atoms with Gasteiger partial charge in [-0.25, -0.2) is 0 Å². The fourth-order valence-corrected chi connectivity index (χ4v) is 2.14. The molecule has 1 aliphatic rings. The summed E-state index contributed by atoms with van der Waals surface area (Å²) in [5.74, 6) is 0. The van der Waals surface area contributed by atoms with E-state index in [9.17, 15) is 10.4 Å². The molecule has 4 unspecified atom stereocenters. The highest BCUT2D eigenvalue weighted by atomic mass is 16.6. The van der Waals surface area contributed by atoms with E-state index in [4.69, 9.17) is 9.47 Å². The van der Waals surface area contributed by atoms with Crippen LogP contribution in [0.3, 0.4) is 0 Å². The summed E-state index contributed by atoms with van der Waals surface area (Å²) in [5, 5.41) is 18.8. The van der Waals surface area contributed by atoms with Crippen LogP contribution in [0.4, 0.5) is 0 Å². The number of aliphatic hydroxyl groups excluding tert-OH is 1. The molecule has 16 heavy (non-hydrogen) atoms. The van der Waals surface area contributed by atoms with Crippen LogP contribution in [0.5, 0.6) is 0 Å². The van der Waals surface area contributed by atoms with Gasteiger partial charge in [-0.3, -0.25) is 0 Å². The van der Waals surface area contributed by atoms with Crippen molar-refractivity contribution in [1.29, 1.82) is 5.26 Å². The van der Waals surface area contributed by atoms with Gasteiger partial charge in [0, 0.05) is 7.11 Å². The Morgan fingerprint density at radius 3 is 2.62 bits per heavy atom. The second kappa shape index (κ2) is 5.62. The lowest BCUT2D eigenvalue weighted by Gasteiger charge is -2.39. The first-order valence-corrected chi connectivity index (χ1v) is 5.85. The van der Waals surface area contributed by atoms with Crippen molar-refractivity contribution < 1.29 is 14.6 Å². The van der Waals surface area contributed by atoms with Crippen molar-refractivity contribution in [3.63, 3.8) is 0 Å². The van der Waals surface area contributed by atoms with E-state index >= 15 is 0 Å². The minimum Gasteiger partial charge on any atom is -0.391 e. The summed E-state index contributed by atoms with van der Waals surface area (Å²) in [6.45, 7) is 3.45. The van der Waals surface area contributed by atoms with Gasteiger partial charge in [0.2, 0.25) is 0 Å². The van der Waals surface area contributed by atoms with Gasteiger partial charge in [-0.15, -0.1) is 0 Å². The maximum Gasteiger partial charge on any atom is 0.180 e. The summed E-state index contributed by atoms with van der Waals surface area (Å²) in [6.07, 6.45) is 2.44. The lowest BCUT2D eigenvalue weighted by atomic mass is 9.82. The molecule has 0 spiro atoms. The van der Waals surface area contributed by atoms with Gasteiger partial charge in [0.25, 0.3) is 0 Å². The van der Waals surface area contributed by atoms with Crippen LogP contribution in [0, 0.1) is 11.3 Å². The Hall–Kier alpha value is -0.630. The van der Waals surface area contributed by atoms with Crippen LogP contribution in [0.2, 0.25) is 0 Å². The highest BCUT2D eigenvalue weighted by molar-refractivity contribution is 5.09. The SMILES string of the molecule is COC1CCCCC1(C#N)OC(C)C(C)O. The molecule has 0 aliphatic heterocycles. The van der Waals surface area contributed by atoms with Gasteiger partial charge in [0.05, 0.1) is 18.3 Å². The Morgan fingerprint density at radius 1 is 1.44 bits per heavy atom. The van der Waals surface area contributed by atoms with Gasteiger partial charge in [0.15, 0.2) is 5.60 Å². The van der Waals surface area contributed by atoms with Crippen molar-refractivity contribution >= 4 is 0 Å². The highest BCUT2D eigenvalue weighted by Crippen LogP contribution is 2.34. The maximum absolute atomic E-state index is 9.45. The average molecular weight is 227 g/mol. The van der Waals surface area contributed by atoms with E-state index in [-0.39, 0.29) is 12.2 Å². The molecule has 92 valence electrons. The minimum atomic E-state index is -0.886. The van der Waals surface area contributed by atoms with Crippen LogP contribution in [0.25, 0.3) is 0 Å². The molecule has 1 saturated carbocycles. The first kappa shape index (κ1) is 13.4.